The molecule has 0 saturated carbocycles. The number of carbonyl (C=O) groups is 1. The molecule has 0 aromatic heterocycles. The average molecular weight is 242 g/mol. The molecule has 0 aliphatic rings. The van der Waals surface area contributed by atoms with Crippen LogP contribution in [0.1, 0.15) is 18.5 Å². The summed E-state index contributed by atoms with van der Waals surface area (Å²) in [4.78, 5) is 13.0. The van der Waals surface area contributed by atoms with Crippen molar-refractivity contribution in [2.45, 2.75) is 13.0 Å². The van der Waals surface area contributed by atoms with E-state index in [4.69, 9.17) is 17.4 Å². The van der Waals surface area contributed by atoms with Gasteiger partial charge in [0.15, 0.2) is 0 Å². The summed E-state index contributed by atoms with van der Waals surface area (Å²) >= 11 is 6.08. The lowest BCUT2D eigenvalue weighted by Crippen LogP contribution is -2.39. The molecule has 0 bridgehead atoms. The Kier molecular flexibility index (Phi) is 4.73. The van der Waals surface area contributed by atoms with E-state index < -0.39 is 0 Å². The first-order chi connectivity index (χ1) is 7.56. The molecule has 0 heterocycles. The second-order valence-electron chi connectivity index (χ2n) is 3.68. The van der Waals surface area contributed by atoms with Gasteiger partial charge in [0, 0.05) is 11.1 Å². The molecule has 0 aliphatic carbocycles. The molecule has 4 nitrogen and oxygen atoms in total. The fourth-order valence-electron chi connectivity index (χ4n) is 1.46. The third-order valence-corrected chi connectivity index (χ3v) is 2.91. The van der Waals surface area contributed by atoms with Crippen LogP contribution in [0.2, 0.25) is 5.02 Å². The van der Waals surface area contributed by atoms with Gasteiger partial charge in [0.1, 0.15) is 0 Å². The van der Waals surface area contributed by atoms with Gasteiger partial charge in [0.25, 0.3) is 0 Å². The van der Waals surface area contributed by atoms with E-state index in [9.17, 15) is 4.79 Å². The highest BCUT2D eigenvalue weighted by Gasteiger charge is 2.16. The van der Waals surface area contributed by atoms with Gasteiger partial charge in [-0.2, -0.15) is 0 Å². The molecular formula is C11H16ClN3O. The molecule has 1 unspecified atom stereocenters. The molecule has 0 aliphatic heterocycles. The lowest BCUT2D eigenvalue weighted by molar-refractivity contribution is -0.122. The van der Waals surface area contributed by atoms with Crippen LogP contribution < -0.4 is 11.3 Å². The van der Waals surface area contributed by atoms with Crippen LogP contribution in [-0.4, -0.2) is 24.4 Å². The minimum Gasteiger partial charge on any atom is -0.293 e. The number of likely N-dealkylation sites (N-methyl/N-ethyl adjacent to an activating group) is 1. The smallest absolute Gasteiger partial charge is 0.248 e. The van der Waals surface area contributed by atoms with E-state index in [0.717, 1.165) is 5.56 Å². The van der Waals surface area contributed by atoms with Crippen molar-refractivity contribution in [1.29, 1.82) is 0 Å². The number of halogens is 1. The predicted molar refractivity (Wildman–Crippen MR) is 64.8 cm³/mol. The van der Waals surface area contributed by atoms with E-state index in [1.165, 1.54) is 0 Å². The summed E-state index contributed by atoms with van der Waals surface area (Å²) in [6.07, 6.45) is 0. The van der Waals surface area contributed by atoms with E-state index in [-0.39, 0.29) is 18.5 Å². The molecule has 3 N–H and O–H groups in total. The fourth-order valence-corrected chi connectivity index (χ4v) is 1.75. The maximum Gasteiger partial charge on any atom is 0.248 e. The quantitative estimate of drug-likeness (QED) is 0.475. The molecule has 1 rings (SSSR count). The molecule has 0 fully saturated rings. The van der Waals surface area contributed by atoms with Crippen molar-refractivity contribution in [3.63, 3.8) is 0 Å². The van der Waals surface area contributed by atoms with Crippen molar-refractivity contribution in [1.82, 2.24) is 10.3 Å². The van der Waals surface area contributed by atoms with Gasteiger partial charge in [-0.25, -0.2) is 5.84 Å². The van der Waals surface area contributed by atoms with Gasteiger partial charge in [0.2, 0.25) is 5.91 Å². The van der Waals surface area contributed by atoms with Crippen LogP contribution in [0.3, 0.4) is 0 Å². The number of carbonyl (C=O) groups excluding carboxylic acids is 1. The number of nitrogens with two attached hydrogens (primary N) is 1. The van der Waals surface area contributed by atoms with Crippen molar-refractivity contribution < 1.29 is 4.79 Å². The summed E-state index contributed by atoms with van der Waals surface area (Å²) in [6, 6.07) is 7.65. The molecule has 1 amide bonds. The molecule has 5 heteroatoms. The first kappa shape index (κ1) is 13.0. The van der Waals surface area contributed by atoms with Gasteiger partial charge in [-0.1, -0.05) is 29.8 Å². The van der Waals surface area contributed by atoms with E-state index in [2.05, 4.69) is 5.43 Å². The largest absolute Gasteiger partial charge is 0.293 e. The Hall–Kier alpha value is -1.10. The third kappa shape index (κ3) is 3.20. The first-order valence-electron chi connectivity index (χ1n) is 5.00. The van der Waals surface area contributed by atoms with Gasteiger partial charge in [-0.05, 0) is 25.6 Å². The van der Waals surface area contributed by atoms with Gasteiger partial charge >= 0.3 is 0 Å². The number of rotatable bonds is 4. The van der Waals surface area contributed by atoms with Crippen LogP contribution in [-0.2, 0) is 4.79 Å². The summed E-state index contributed by atoms with van der Waals surface area (Å²) in [5.74, 6) is 4.82. The summed E-state index contributed by atoms with van der Waals surface area (Å²) in [7, 11) is 1.85. The van der Waals surface area contributed by atoms with Gasteiger partial charge in [0.05, 0.1) is 6.54 Å². The highest BCUT2D eigenvalue weighted by Crippen LogP contribution is 2.25. The van der Waals surface area contributed by atoms with Crippen LogP contribution in [0.25, 0.3) is 0 Å². The Morgan fingerprint density at radius 1 is 1.56 bits per heavy atom. The summed E-state index contributed by atoms with van der Waals surface area (Å²) in [5.41, 5.74) is 3.10. The highest BCUT2D eigenvalue weighted by molar-refractivity contribution is 6.31. The number of hydrazine groups is 1. The summed E-state index contributed by atoms with van der Waals surface area (Å²) in [5, 5.41) is 0.704. The second-order valence-corrected chi connectivity index (χ2v) is 4.09. The molecule has 16 heavy (non-hydrogen) atoms. The zero-order valence-electron chi connectivity index (χ0n) is 9.40. The number of hydrogen-bond donors (Lipinski definition) is 2. The Morgan fingerprint density at radius 3 is 2.75 bits per heavy atom. The van der Waals surface area contributed by atoms with Gasteiger partial charge in [-0.3, -0.25) is 15.1 Å². The van der Waals surface area contributed by atoms with E-state index in [1.807, 2.05) is 43.1 Å². The first-order valence-corrected chi connectivity index (χ1v) is 5.38. The van der Waals surface area contributed by atoms with Gasteiger partial charge < -0.3 is 0 Å². The van der Waals surface area contributed by atoms with Crippen molar-refractivity contribution in [2.75, 3.05) is 13.6 Å². The van der Waals surface area contributed by atoms with E-state index in [1.54, 1.807) is 0 Å². The Balaban J connectivity index is 2.74. The molecule has 1 atom stereocenters. The molecule has 88 valence electrons. The topological polar surface area (TPSA) is 58.4 Å². The van der Waals surface area contributed by atoms with Crippen LogP contribution in [0.5, 0.6) is 0 Å². The zero-order valence-corrected chi connectivity index (χ0v) is 10.2. The SMILES string of the molecule is CC(c1ccccc1Cl)N(C)CC(=O)NN. The molecule has 0 radical (unpaired) electrons. The Labute approximate surface area is 100 Å². The minimum absolute atomic E-state index is 0.0611. The third-order valence-electron chi connectivity index (χ3n) is 2.57. The van der Waals surface area contributed by atoms with Crippen LogP contribution in [0.15, 0.2) is 24.3 Å². The van der Waals surface area contributed by atoms with E-state index in [0.29, 0.717) is 5.02 Å². The normalized spacial score (nSPS) is 12.6. The van der Waals surface area contributed by atoms with E-state index >= 15 is 0 Å². The maximum absolute atomic E-state index is 11.1. The zero-order chi connectivity index (χ0) is 12.1. The number of hydrogen-bond acceptors (Lipinski definition) is 3. The molecule has 0 saturated heterocycles. The highest BCUT2D eigenvalue weighted by atomic mass is 35.5. The van der Waals surface area contributed by atoms with Crippen molar-refractivity contribution >= 4 is 17.5 Å². The van der Waals surface area contributed by atoms with Crippen molar-refractivity contribution in [3.8, 4) is 0 Å². The summed E-state index contributed by atoms with van der Waals surface area (Å²) < 4.78 is 0. The second kappa shape index (κ2) is 5.84. The molecule has 1 aromatic carbocycles. The van der Waals surface area contributed by atoms with Crippen LogP contribution in [0.4, 0.5) is 0 Å². The number of nitrogens with one attached hydrogen (secondary N) is 1. The summed E-state index contributed by atoms with van der Waals surface area (Å²) in [6.45, 7) is 2.23. The number of benzene rings is 1. The lowest BCUT2D eigenvalue weighted by atomic mass is 10.1. The molecular weight excluding hydrogens is 226 g/mol. The fraction of sp³-hybridized carbons (Fsp3) is 0.364. The average Bonchev–Trinajstić information content (AvgIpc) is 2.28. The van der Waals surface area contributed by atoms with Crippen molar-refractivity contribution in [2.24, 2.45) is 5.84 Å². The maximum atomic E-state index is 11.1. The standard InChI is InChI=1S/C11H16ClN3O/c1-8(15(2)7-11(16)14-13)9-5-3-4-6-10(9)12/h3-6,8H,7,13H2,1-2H3,(H,14,16). The number of amides is 1. The Morgan fingerprint density at radius 2 is 2.19 bits per heavy atom. The van der Waals surface area contributed by atoms with Crippen LogP contribution >= 0.6 is 11.6 Å². The predicted octanol–water partition coefficient (Wildman–Crippen LogP) is 1.32. The molecule has 0 spiro atoms. The minimum atomic E-state index is -0.221. The number of nitrogens with zero attached hydrogens (tertiary/aromatic N) is 1. The lowest BCUT2D eigenvalue weighted by Gasteiger charge is -2.24. The van der Waals surface area contributed by atoms with Gasteiger partial charge in [-0.15, -0.1) is 0 Å². The van der Waals surface area contributed by atoms with Crippen molar-refractivity contribution in [3.05, 3.63) is 34.9 Å². The molecule has 1 aromatic rings. The monoisotopic (exact) mass is 241 g/mol. The van der Waals surface area contributed by atoms with Crippen LogP contribution in [0, 0.1) is 0 Å². The Bertz CT molecular complexity index is 370.